The van der Waals surface area contributed by atoms with E-state index >= 15 is 0 Å². The molecule has 82 valence electrons. The largest absolute Gasteiger partial charge is 0.317 e. The van der Waals surface area contributed by atoms with Gasteiger partial charge in [0.25, 0.3) is 0 Å². The van der Waals surface area contributed by atoms with Gasteiger partial charge in [0, 0.05) is 12.7 Å². The van der Waals surface area contributed by atoms with Crippen LogP contribution in [0.25, 0.3) is 0 Å². The van der Waals surface area contributed by atoms with Gasteiger partial charge in [-0.1, -0.05) is 0 Å². The Morgan fingerprint density at radius 2 is 1.86 bits per heavy atom. The fourth-order valence-electron chi connectivity index (χ4n) is 1.04. The van der Waals surface area contributed by atoms with Crippen molar-refractivity contribution in [2.45, 2.75) is 25.7 Å². The molecule has 0 amide bonds. The zero-order chi connectivity index (χ0) is 10.9. The van der Waals surface area contributed by atoms with Crippen molar-refractivity contribution in [3.8, 4) is 6.07 Å². The van der Waals surface area contributed by atoms with Crippen LogP contribution in [0.3, 0.4) is 0 Å². The third kappa shape index (κ3) is 11.4. The second-order valence-electron chi connectivity index (χ2n) is 3.35. The molecule has 0 fully saturated rings. The standard InChI is InChI=1S/C9H18N2O2S/c1-14(12,13)9-5-8-11-7-4-2-3-6-10/h11H,2-5,7-9H2,1H3. The number of unbranched alkanes of at least 4 members (excludes halogenated alkanes) is 2. The third-order valence-electron chi connectivity index (χ3n) is 1.76. The summed E-state index contributed by atoms with van der Waals surface area (Å²) >= 11 is 0. The molecule has 0 unspecified atom stereocenters. The van der Waals surface area contributed by atoms with Crippen molar-refractivity contribution in [2.75, 3.05) is 25.1 Å². The van der Waals surface area contributed by atoms with Gasteiger partial charge >= 0.3 is 0 Å². The topological polar surface area (TPSA) is 70.0 Å². The number of sulfone groups is 1. The lowest BCUT2D eigenvalue weighted by atomic mass is 10.2. The average Bonchev–Trinajstić information content (AvgIpc) is 2.08. The highest BCUT2D eigenvalue weighted by molar-refractivity contribution is 7.90. The van der Waals surface area contributed by atoms with Gasteiger partial charge in [-0.3, -0.25) is 0 Å². The van der Waals surface area contributed by atoms with E-state index in [4.69, 9.17) is 5.26 Å². The van der Waals surface area contributed by atoms with E-state index in [1.165, 1.54) is 6.26 Å². The lowest BCUT2D eigenvalue weighted by molar-refractivity contribution is 0.589. The van der Waals surface area contributed by atoms with Crippen LogP contribution >= 0.6 is 0 Å². The molecule has 0 atom stereocenters. The molecule has 0 radical (unpaired) electrons. The lowest BCUT2D eigenvalue weighted by Crippen LogP contribution is -2.19. The quantitative estimate of drug-likeness (QED) is 0.609. The maximum Gasteiger partial charge on any atom is 0.147 e. The summed E-state index contributed by atoms with van der Waals surface area (Å²) in [6.45, 7) is 1.60. The molecule has 1 N–H and O–H groups in total. The van der Waals surface area contributed by atoms with Gasteiger partial charge in [-0.2, -0.15) is 5.26 Å². The predicted molar refractivity (Wildman–Crippen MR) is 56.7 cm³/mol. The SMILES string of the molecule is CS(=O)(=O)CCCNCCCCC#N. The molecule has 4 nitrogen and oxygen atoms in total. The monoisotopic (exact) mass is 218 g/mol. The van der Waals surface area contributed by atoms with Gasteiger partial charge in [0.15, 0.2) is 0 Å². The molecule has 0 saturated carbocycles. The molecule has 0 heterocycles. The minimum absolute atomic E-state index is 0.248. The van der Waals surface area contributed by atoms with Crippen LogP contribution in [-0.2, 0) is 9.84 Å². The van der Waals surface area contributed by atoms with Gasteiger partial charge in [-0.25, -0.2) is 8.42 Å². The molecule has 0 bridgehead atoms. The molecule has 0 saturated heterocycles. The number of nitrogens with zero attached hydrogens (tertiary/aromatic N) is 1. The average molecular weight is 218 g/mol. The van der Waals surface area contributed by atoms with Crippen molar-refractivity contribution in [3.05, 3.63) is 0 Å². The second kappa shape index (κ2) is 7.77. The highest BCUT2D eigenvalue weighted by Gasteiger charge is 1.99. The highest BCUT2D eigenvalue weighted by Crippen LogP contribution is 1.92. The first-order valence-electron chi connectivity index (χ1n) is 4.81. The molecule has 0 spiro atoms. The van der Waals surface area contributed by atoms with Gasteiger partial charge < -0.3 is 5.32 Å². The number of nitriles is 1. The van der Waals surface area contributed by atoms with Gasteiger partial charge in [0.2, 0.25) is 0 Å². The van der Waals surface area contributed by atoms with E-state index < -0.39 is 9.84 Å². The van der Waals surface area contributed by atoms with Crippen LogP contribution in [0.15, 0.2) is 0 Å². The van der Waals surface area contributed by atoms with E-state index in [0.29, 0.717) is 12.8 Å². The minimum Gasteiger partial charge on any atom is -0.317 e. The summed E-state index contributed by atoms with van der Waals surface area (Å²) in [7, 11) is -2.81. The van der Waals surface area contributed by atoms with Crippen LogP contribution in [0.5, 0.6) is 0 Å². The highest BCUT2D eigenvalue weighted by atomic mass is 32.2. The Morgan fingerprint density at radius 1 is 1.21 bits per heavy atom. The van der Waals surface area contributed by atoms with Crippen LogP contribution in [0, 0.1) is 11.3 Å². The van der Waals surface area contributed by atoms with Crippen LogP contribution < -0.4 is 5.32 Å². The van der Waals surface area contributed by atoms with Crippen LogP contribution in [0.2, 0.25) is 0 Å². The molecule has 5 heteroatoms. The first kappa shape index (κ1) is 13.4. The number of rotatable bonds is 8. The van der Waals surface area contributed by atoms with Crippen LogP contribution in [-0.4, -0.2) is 33.5 Å². The number of nitrogens with one attached hydrogen (secondary N) is 1. The molecule has 0 aromatic carbocycles. The lowest BCUT2D eigenvalue weighted by Gasteiger charge is -2.02. The molecular formula is C9H18N2O2S. The molecule has 0 aromatic rings. The second-order valence-corrected chi connectivity index (χ2v) is 5.61. The Bertz CT molecular complexity index is 267. The Balaban J connectivity index is 3.12. The zero-order valence-electron chi connectivity index (χ0n) is 8.62. The van der Waals surface area contributed by atoms with Crippen molar-refractivity contribution in [1.29, 1.82) is 5.26 Å². The van der Waals surface area contributed by atoms with Crippen molar-refractivity contribution < 1.29 is 8.42 Å². The van der Waals surface area contributed by atoms with E-state index in [0.717, 1.165) is 25.9 Å². The summed E-state index contributed by atoms with van der Waals surface area (Å²) in [5.41, 5.74) is 0. The molecule has 0 aromatic heterocycles. The summed E-state index contributed by atoms with van der Waals surface area (Å²) in [4.78, 5) is 0. The Morgan fingerprint density at radius 3 is 2.43 bits per heavy atom. The Labute approximate surface area is 86.2 Å². The van der Waals surface area contributed by atoms with Crippen molar-refractivity contribution in [2.24, 2.45) is 0 Å². The van der Waals surface area contributed by atoms with Crippen LogP contribution in [0.4, 0.5) is 0 Å². The number of hydrogen-bond acceptors (Lipinski definition) is 4. The summed E-state index contributed by atoms with van der Waals surface area (Å²) in [5.74, 6) is 0.248. The fourth-order valence-corrected chi connectivity index (χ4v) is 1.71. The molecule has 0 aliphatic heterocycles. The predicted octanol–water partition coefficient (Wildman–Crippen LogP) is 0.705. The number of hydrogen-bond donors (Lipinski definition) is 1. The molecule has 14 heavy (non-hydrogen) atoms. The summed E-state index contributed by atoms with van der Waals surface area (Å²) < 4.78 is 21.5. The smallest absolute Gasteiger partial charge is 0.147 e. The third-order valence-corrected chi connectivity index (χ3v) is 2.79. The summed E-state index contributed by atoms with van der Waals surface area (Å²) in [6.07, 6.45) is 4.41. The first-order valence-corrected chi connectivity index (χ1v) is 6.88. The fraction of sp³-hybridized carbons (Fsp3) is 0.889. The molecule has 0 rings (SSSR count). The van der Waals surface area contributed by atoms with Crippen molar-refractivity contribution >= 4 is 9.84 Å². The first-order chi connectivity index (χ1) is 6.56. The molecular weight excluding hydrogens is 200 g/mol. The molecule has 0 aliphatic rings. The van der Waals surface area contributed by atoms with Gasteiger partial charge in [0.05, 0.1) is 11.8 Å². The van der Waals surface area contributed by atoms with E-state index in [2.05, 4.69) is 11.4 Å². The van der Waals surface area contributed by atoms with Crippen molar-refractivity contribution in [3.63, 3.8) is 0 Å². The van der Waals surface area contributed by atoms with Gasteiger partial charge in [0.1, 0.15) is 9.84 Å². The normalized spacial score (nSPS) is 11.1. The Hall–Kier alpha value is -0.600. The van der Waals surface area contributed by atoms with Gasteiger partial charge in [-0.15, -0.1) is 0 Å². The maximum absolute atomic E-state index is 10.7. The molecule has 0 aliphatic carbocycles. The Kier molecular flexibility index (Phi) is 7.44. The van der Waals surface area contributed by atoms with E-state index in [9.17, 15) is 8.42 Å². The van der Waals surface area contributed by atoms with Gasteiger partial charge in [-0.05, 0) is 32.4 Å². The van der Waals surface area contributed by atoms with Crippen molar-refractivity contribution in [1.82, 2.24) is 5.32 Å². The summed E-state index contributed by atoms with van der Waals surface area (Å²) in [6, 6.07) is 2.08. The van der Waals surface area contributed by atoms with E-state index in [1.54, 1.807) is 0 Å². The van der Waals surface area contributed by atoms with Crippen LogP contribution in [0.1, 0.15) is 25.7 Å². The van der Waals surface area contributed by atoms with E-state index in [-0.39, 0.29) is 5.75 Å². The van der Waals surface area contributed by atoms with E-state index in [1.807, 2.05) is 0 Å². The summed E-state index contributed by atoms with van der Waals surface area (Å²) in [5, 5.41) is 11.4. The maximum atomic E-state index is 10.7. The minimum atomic E-state index is -2.81. The zero-order valence-corrected chi connectivity index (χ0v) is 9.44.